The number of sulfonamides is 1. The van der Waals surface area contributed by atoms with Gasteiger partial charge in [-0.2, -0.15) is 4.98 Å². The van der Waals surface area contributed by atoms with Gasteiger partial charge < -0.3 is 20.7 Å². The Bertz CT molecular complexity index is 1510. The second-order valence-corrected chi connectivity index (χ2v) is 14.8. The summed E-state index contributed by atoms with van der Waals surface area (Å²) in [6.07, 6.45) is 5.08. The first kappa shape index (κ1) is 34.0. The predicted molar refractivity (Wildman–Crippen MR) is 177 cm³/mol. The lowest BCUT2D eigenvalue weighted by Crippen LogP contribution is -2.33. The van der Waals surface area contributed by atoms with Gasteiger partial charge in [-0.05, 0) is 101 Å². The third-order valence-corrected chi connectivity index (χ3v) is 9.23. The Morgan fingerprint density at radius 3 is 2.23 bits per heavy atom. The Labute approximate surface area is 270 Å². The van der Waals surface area contributed by atoms with Crippen molar-refractivity contribution >= 4 is 62.0 Å². The first-order chi connectivity index (χ1) is 20.9. The molecule has 240 valence electrons. The third kappa shape index (κ3) is 10.6. The number of benzene rings is 2. The Morgan fingerprint density at radius 2 is 1.55 bits per heavy atom. The number of nitrogens with one attached hydrogen (secondary N) is 4. The number of anilines is 2. The van der Waals surface area contributed by atoms with Crippen molar-refractivity contribution in [3.63, 3.8) is 0 Å². The highest BCUT2D eigenvalue weighted by Gasteiger charge is 2.24. The molecular formula is C31H42Cl2N6O4S. The number of hydrogen-bond donors (Lipinski definition) is 4. The fourth-order valence-corrected chi connectivity index (χ4v) is 6.96. The Balaban J connectivity index is 1.22. The number of carbonyl (C=O) groups excluding carboxylic acids is 1. The average molecular weight is 666 g/mol. The number of rotatable bonds is 13. The average Bonchev–Trinajstić information content (AvgIpc) is 2.96. The summed E-state index contributed by atoms with van der Waals surface area (Å²) in [5, 5.41) is 11.2. The molecule has 0 aliphatic heterocycles. The maximum absolute atomic E-state index is 12.7. The quantitative estimate of drug-likeness (QED) is 0.146. The van der Waals surface area contributed by atoms with Crippen LogP contribution in [0.3, 0.4) is 0 Å². The molecule has 2 aromatic carbocycles. The molecule has 1 aromatic heterocycles. The summed E-state index contributed by atoms with van der Waals surface area (Å²) in [7, 11) is -3.68. The van der Waals surface area contributed by atoms with Gasteiger partial charge in [0, 0.05) is 41.6 Å². The van der Waals surface area contributed by atoms with Crippen LogP contribution < -0.4 is 20.7 Å². The SMILES string of the molecule is CC(C)(C)OC(=O)NCCCCNc1nc(NCC2CCC(CNS(=O)(=O)c3cc(Cl)cc(Cl)c3)CC2)nc2ccccc12. The van der Waals surface area contributed by atoms with Gasteiger partial charge in [0.15, 0.2) is 0 Å². The van der Waals surface area contributed by atoms with Crippen LogP contribution in [0.1, 0.15) is 59.3 Å². The number of alkyl carbamates (subject to hydrolysis) is 1. The van der Waals surface area contributed by atoms with Crippen molar-refractivity contribution in [1.82, 2.24) is 20.0 Å². The first-order valence-electron chi connectivity index (χ1n) is 15.0. The summed E-state index contributed by atoms with van der Waals surface area (Å²) in [6, 6.07) is 12.2. The third-order valence-electron chi connectivity index (χ3n) is 7.39. The van der Waals surface area contributed by atoms with E-state index < -0.39 is 21.7 Å². The van der Waals surface area contributed by atoms with Crippen molar-refractivity contribution in [1.29, 1.82) is 0 Å². The molecule has 1 saturated carbocycles. The number of hydrogen-bond acceptors (Lipinski definition) is 8. The molecule has 0 atom stereocenters. The maximum atomic E-state index is 12.7. The smallest absolute Gasteiger partial charge is 0.407 e. The van der Waals surface area contributed by atoms with E-state index in [9.17, 15) is 13.2 Å². The van der Waals surface area contributed by atoms with E-state index in [0.717, 1.165) is 61.8 Å². The highest BCUT2D eigenvalue weighted by Crippen LogP contribution is 2.30. The van der Waals surface area contributed by atoms with Gasteiger partial charge in [0.2, 0.25) is 16.0 Å². The minimum absolute atomic E-state index is 0.0762. The molecule has 1 amide bonds. The van der Waals surface area contributed by atoms with Crippen molar-refractivity contribution in [2.75, 3.05) is 36.8 Å². The number of carbonyl (C=O) groups is 1. The van der Waals surface area contributed by atoms with E-state index in [-0.39, 0.29) is 20.9 Å². The molecule has 0 saturated heterocycles. The molecule has 1 fully saturated rings. The molecule has 0 spiro atoms. The number of halogens is 2. The zero-order chi connectivity index (χ0) is 31.7. The molecule has 0 bridgehead atoms. The van der Waals surface area contributed by atoms with Gasteiger partial charge in [0.25, 0.3) is 0 Å². The number of unbranched alkanes of at least 4 members (excludes halogenated alkanes) is 1. The Morgan fingerprint density at radius 1 is 0.909 bits per heavy atom. The number of ether oxygens (including phenoxy) is 1. The van der Waals surface area contributed by atoms with Crippen LogP contribution in [-0.4, -0.2) is 56.3 Å². The van der Waals surface area contributed by atoms with E-state index >= 15 is 0 Å². The minimum atomic E-state index is -3.68. The van der Waals surface area contributed by atoms with Gasteiger partial charge in [-0.3, -0.25) is 0 Å². The van der Waals surface area contributed by atoms with Crippen molar-refractivity contribution < 1.29 is 17.9 Å². The van der Waals surface area contributed by atoms with Crippen LogP contribution in [0.5, 0.6) is 0 Å². The minimum Gasteiger partial charge on any atom is -0.444 e. The molecular weight excluding hydrogens is 623 g/mol. The molecule has 1 aliphatic rings. The Kier molecular flexibility index (Phi) is 11.9. The predicted octanol–water partition coefficient (Wildman–Crippen LogP) is 6.85. The van der Waals surface area contributed by atoms with Crippen LogP contribution in [-0.2, 0) is 14.8 Å². The van der Waals surface area contributed by atoms with Crippen molar-refractivity contribution in [2.45, 2.75) is 69.8 Å². The number of nitrogens with zero attached hydrogens (tertiary/aromatic N) is 2. The van der Waals surface area contributed by atoms with E-state index in [1.807, 2.05) is 45.0 Å². The van der Waals surface area contributed by atoms with Crippen molar-refractivity contribution in [3.05, 3.63) is 52.5 Å². The number of amides is 1. The largest absolute Gasteiger partial charge is 0.444 e. The van der Waals surface area contributed by atoms with Crippen LogP contribution >= 0.6 is 23.2 Å². The van der Waals surface area contributed by atoms with Crippen LogP contribution in [0.4, 0.5) is 16.6 Å². The van der Waals surface area contributed by atoms with E-state index in [4.69, 9.17) is 37.9 Å². The number of para-hydroxylation sites is 1. The summed E-state index contributed by atoms with van der Waals surface area (Å²) >= 11 is 12.0. The molecule has 4 N–H and O–H groups in total. The van der Waals surface area contributed by atoms with Gasteiger partial charge in [-0.1, -0.05) is 35.3 Å². The number of aromatic nitrogens is 2. The second-order valence-electron chi connectivity index (χ2n) is 12.2. The van der Waals surface area contributed by atoms with Gasteiger partial charge in [-0.15, -0.1) is 0 Å². The van der Waals surface area contributed by atoms with E-state index in [1.54, 1.807) is 0 Å². The lowest BCUT2D eigenvalue weighted by molar-refractivity contribution is 0.0527. The maximum Gasteiger partial charge on any atom is 0.407 e. The fourth-order valence-electron chi connectivity index (χ4n) is 5.12. The monoisotopic (exact) mass is 664 g/mol. The molecule has 0 radical (unpaired) electrons. The highest BCUT2D eigenvalue weighted by atomic mass is 35.5. The van der Waals surface area contributed by atoms with Crippen molar-refractivity contribution in [3.8, 4) is 0 Å². The molecule has 1 heterocycles. The fraction of sp³-hybridized carbons (Fsp3) is 0.516. The molecule has 10 nitrogen and oxygen atoms in total. The normalized spacial score (nSPS) is 17.3. The molecule has 13 heteroatoms. The molecule has 0 unspecified atom stereocenters. The van der Waals surface area contributed by atoms with Gasteiger partial charge in [-0.25, -0.2) is 22.9 Å². The topological polar surface area (TPSA) is 134 Å². The van der Waals surface area contributed by atoms with Crippen LogP contribution in [0.2, 0.25) is 10.0 Å². The van der Waals surface area contributed by atoms with Crippen LogP contribution in [0, 0.1) is 11.8 Å². The van der Waals surface area contributed by atoms with E-state index in [0.29, 0.717) is 31.5 Å². The molecule has 44 heavy (non-hydrogen) atoms. The standard InChI is InChI=1S/C31H42Cl2N6O4S/c1-31(2,3)43-30(40)35-15-7-6-14-34-28-26-8-4-5-9-27(26)38-29(39-28)36-19-21-10-12-22(13-11-21)20-37-44(41,42)25-17-23(32)16-24(33)18-25/h4-5,8-9,16-18,21-22,37H,6-7,10-15,19-20H2,1-3H3,(H,35,40)(H2,34,36,38,39). The van der Waals surface area contributed by atoms with Crippen LogP contribution in [0.15, 0.2) is 47.4 Å². The molecule has 3 aromatic rings. The first-order valence-corrected chi connectivity index (χ1v) is 17.3. The van der Waals surface area contributed by atoms with E-state index in [1.165, 1.54) is 18.2 Å². The lowest BCUT2D eigenvalue weighted by Gasteiger charge is -2.28. The summed E-state index contributed by atoms with van der Waals surface area (Å²) in [6.45, 7) is 7.89. The summed E-state index contributed by atoms with van der Waals surface area (Å²) in [5.41, 5.74) is 0.346. The highest BCUT2D eigenvalue weighted by molar-refractivity contribution is 7.89. The number of fused-ring (bicyclic) bond motifs is 1. The lowest BCUT2D eigenvalue weighted by atomic mass is 9.82. The van der Waals surface area contributed by atoms with Gasteiger partial charge in [0.05, 0.1) is 10.4 Å². The van der Waals surface area contributed by atoms with E-state index in [2.05, 4.69) is 20.7 Å². The molecule has 1 aliphatic carbocycles. The summed E-state index contributed by atoms with van der Waals surface area (Å²) in [5.74, 6) is 2.06. The van der Waals surface area contributed by atoms with Gasteiger partial charge in [0.1, 0.15) is 11.4 Å². The zero-order valence-corrected chi connectivity index (χ0v) is 27.8. The second kappa shape index (κ2) is 15.4. The summed E-state index contributed by atoms with van der Waals surface area (Å²) in [4.78, 5) is 21.4. The zero-order valence-electron chi connectivity index (χ0n) is 25.5. The summed E-state index contributed by atoms with van der Waals surface area (Å²) < 4.78 is 33.4. The van der Waals surface area contributed by atoms with Gasteiger partial charge >= 0.3 is 6.09 Å². The Hall–Kier alpha value is -2.86. The molecule has 4 rings (SSSR count). The van der Waals surface area contributed by atoms with Crippen LogP contribution in [0.25, 0.3) is 10.9 Å². The van der Waals surface area contributed by atoms with Crippen molar-refractivity contribution in [2.24, 2.45) is 11.8 Å².